The number of phenolic OH excluding ortho intramolecular Hbond substituents is 1. The summed E-state index contributed by atoms with van der Waals surface area (Å²) in [7, 11) is 1.44. The van der Waals surface area contributed by atoms with Gasteiger partial charge in [-0.3, -0.25) is 4.79 Å². The number of carbonyl (C=O) groups is 2. The van der Waals surface area contributed by atoms with Gasteiger partial charge >= 0.3 is 5.97 Å². The van der Waals surface area contributed by atoms with Crippen LogP contribution in [-0.4, -0.2) is 30.1 Å². The van der Waals surface area contributed by atoms with E-state index in [1.165, 1.54) is 32.3 Å². The summed E-state index contributed by atoms with van der Waals surface area (Å²) in [4.78, 5) is 24.0. The van der Waals surface area contributed by atoms with Crippen molar-refractivity contribution in [1.82, 2.24) is 0 Å². The molecule has 2 rings (SSSR count). The van der Waals surface area contributed by atoms with Gasteiger partial charge in [0.05, 0.1) is 7.11 Å². The minimum Gasteiger partial charge on any atom is -0.504 e. The highest BCUT2D eigenvalue weighted by molar-refractivity contribution is 6.01. The second-order valence-electron chi connectivity index (χ2n) is 5.07. The molecule has 1 atom stereocenters. The van der Waals surface area contributed by atoms with Crippen molar-refractivity contribution in [2.45, 2.75) is 13.0 Å². The quantitative estimate of drug-likeness (QED) is 0.501. The summed E-state index contributed by atoms with van der Waals surface area (Å²) in [5.41, 5.74) is 1.15. The number of phenols is 1. The van der Waals surface area contributed by atoms with Crippen LogP contribution < -0.4 is 4.74 Å². The first-order valence-corrected chi connectivity index (χ1v) is 7.36. The van der Waals surface area contributed by atoms with Crippen LogP contribution in [0.5, 0.6) is 11.5 Å². The average molecular weight is 326 g/mol. The van der Waals surface area contributed by atoms with Crippen LogP contribution in [0.3, 0.4) is 0 Å². The summed E-state index contributed by atoms with van der Waals surface area (Å²) in [5.74, 6) is -0.570. The molecule has 2 aromatic rings. The van der Waals surface area contributed by atoms with Crippen LogP contribution in [0, 0.1) is 0 Å². The molecule has 1 N–H and O–H groups in total. The maximum Gasteiger partial charge on any atom is 0.331 e. The van der Waals surface area contributed by atoms with E-state index in [4.69, 9.17) is 9.47 Å². The molecular weight excluding hydrogens is 308 g/mol. The summed E-state index contributed by atoms with van der Waals surface area (Å²) in [6, 6.07) is 13.3. The van der Waals surface area contributed by atoms with E-state index in [9.17, 15) is 14.7 Å². The van der Waals surface area contributed by atoms with Crippen molar-refractivity contribution in [3.05, 3.63) is 65.7 Å². The van der Waals surface area contributed by atoms with Gasteiger partial charge in [-0.2, -0.15) is 0 Å². The SMILES string of the molecule is COc1cc(/C=C/C(=O)O[C@@H](C)C(=O)c2ccccc2)ccc1O. The fourth-order valence-corrected chi connectivity index (χ4v) is 2.07. The molecule has 0 saturated heterocycles. The zero-order chi connectivity index (χ0) is 17.5. The highest BCUT2D eigenvalue weighted by atomic mass is 16.5. The fraction of sp³-hybridized carbons (Fsp3) is 0.158. The third-order valence-corrected chi connectivity index (χ3v) is 3.34. The highest BCUT2D eigenvalue weighted by Gasteiger charge is 2.18. The Bertz CT molecular complexity index is 750. The molecule has 0 unspecified atom stereocenters. The van der Waals surface area contributed by atoms with Crippen LogP contribution in [0.25, 0.3) is 6.08 Å². The normalized spacial score (nSPS) is 11.9. The van der Waals surface area contributed by atoms with Gasteiger partial charge in [0.1, 0.15) is 0 Å². The van der Waals surface area contributed by atoms with Crippen LogP contribution in [-0.2, 0) is 9.53 Å². The molecule has 0 heterocycles. The van der Waals surface area contributed by atoms with Gasteiger partial charge in [-0.25, -0.2) is 4.79 Å². The van der Waals surface area contributed by atoms with Crippen LogP contribution in [0.2, 0.25) is 0 Å². The first-order chi connectivity index (χ1) is 11.5. The van der Waals surface area contributed by atoms with Gasteiger partial charge in [0, 0.05) is 11.6 Å². The van der Waals surface area contributed by atoms with Gasteiger partial charge in [0.15, 0.2) is 17.6 Å². The Morgan fingerprint density at radius 3 is 2.50 bits per heavy atom. The van der Waals surface area contributed by atoms with E-state index in [1.807, 2.05) is 6.07 Å². The number of ketones is 1. The average Bonchev–Trinajstić information content (AvgIpc) is 2.61. The molecule has 5 nitrogen and oxygen atoms in total. The maximum absolute atomic E-state index is 12.1. The summed E-state index contributed by atoms with van der Waals surface area (Å²) in [6.07, 6.45) is 1.86. The lowest BCUT2D eigenvalue weighted by Crippen LogP contribution is -2.23. The zero-order valence-corrected chi connectivity index (χ0v) is 13.4. The second kappa shape index (κ2) is 7.97. The second-order valence-corrected chi connectivity index (χ2v) is 5.07. The van der Waals surface area contributed by atoms with Crippen LogP contribution >= 0.6 is 0 Å². The Balaban J connectivity index is 1.98. The molecule has 0 spiro atoms. The van der Waals surface area contributed by atoms with Crippen molar-refractivity contribution in [3.63, 3.8) is 0 Å². The van der Waals surface area contributed by atoms with E-state index in [-0.39, 0.29) is 11.5 Å². The smallest absolute Gasteiger partial charge is 0.331 e. The van der Waals surface area contributed by atoms with Crippen molar-refractivity contribution < 1.29 is 24.2 Å². The number of esters is 1. The van der Waals surface area contributed by atoms with Gasteiger partial charge in [0.25, 0.3) is 0 Å². The first kappa shape index (κ1) is 17.3. The highest BCUT2D eigenvalue weighted by Crippen LogP contribution is 2.26. The largest absolute Gasteiger partial charge is 0.504 e. The number of hydrogen-bond donors (Lipinski definition) is 1. The van der Waals surface area contributed by atoms with Gasteiger partial charge in [-0.05, 0) is 30.7 Å². The Morgan fingerprint density at radius 1 is 1.12 bits per heavy atom. The van der Waals surface area contributed by atoms with E-state index in [0.717, 1.165) is 0 Å². The fourth-order valence-electron chi connectivity index (χ4n) is 2.07. The molecule has 0 aromatic heterocycles. The number of ether oxygens (including phenoxy) is 2. The molecule has 124 valence electrons. The Hall–Kier alpha value is -3.08. The number of aromatic hydroxyl groups is 1. The molecule has 0 saturated carbocycles. The Kier molecular flexibility index (Phi) is 5.73. The summed E-state index contributed by atoms with van der Waals surface area (Å²) < 4.78 is 10.1. The predicted octanol–water partition coefficient (Wildman–Crippen LogP) is 3.23. The Morgan fingerprint density at radius 2 is 1.83 bits per heavy atom. The molecular formula is C19H18O5. The number of methoxy groups -OCH3 is 1. The summed E-state index contributed by atoms with van der Waals surface area (Å²) >= 11 is 0. The molecule has 0 radical (unpaired) electrons. The topological polar surface area (TPSA) is 72.8 Å². The van der Waals surface area contributed by atoms with Crippen LogP contribution in [0.4, 0.5) is 0 Å². The summed E-state index contributed by atoms with van der Waals surface area (Å²) in [6.45, 7) is 1.53. The Labute approximate surface area is 140 Å². The number of carbonyl (C=O) groups excluding carboxylic acids is 2. The molecule has 0 bridgehead atoms. The van der Waals surface area contributed by atoms with Gasteiger partial charge in [-0.15, -0.1) is 0 Å². The standard InChI is InChI=1S/C19H18O5/c1-13(19(22)15-6-4-3-5-7-15)24-18(21)11-9-14-8-10-16(20)17(12-14)23-2/h3-13,20H,1-2H3/b11-9+/t13-/m0/s1. The van der Waals surface area contributed by atoms with Crippen molar-refractivity contribution in [2.24, 2.45) is 0 Å². The van der Waals surface area contributed by atoms with Crippen LogP contribution in [0.1, 0.15) is 22.8 Å². The van der Waals surface area contributed by atoms with Gasteiger partial charge in [0.2, 0.25) is 5.78 Å². The summed E-state index contributed by atoms with van der Waals surface area (Å²) in [5, 5.41) is 9.52. The molecule has 0 amide bonds. The lowest BCUT2D eigenvalue weighted by molar-refractivity contribution is -0.140. The van der Waals surface area contributed by atoms with E-state index in [2.05, 4.69) is 0 Å². The molecule has 5 heteroatoms. The number of benzene rings is 2. The van der Waals surface area contributed by atoms with Crippen molar-refractivity contribution in [2.75, 3.05) is 7.11 Å². The van der Waals surface area contributed by atoms with E-state index in [0.29, 0.717) is 16.9 Å². The number of Topliss-reactive ketones (excluding diaryl/α,β-unsaturated/α-hetero) is 1. The van der Waals surface area contributed by atoms with Crippen molar-refractivity contribution >= 4 is 17.8 Å². The van der Waals surface area contributed by atoms with Crippen molar-refractivity contribution in [1.29, 1.82) is 0 Å². The van der Waals surface area contributed by atoms with E-state index in [1.54, 1.807) is 36.4 Å². The molecule has 0 aliphatic rings. The lowest BCUT2D eigenvalue weighted by Gasteiger charge is -2.10. The third-order valence-electron chi connectivity index (χ3n) is 3.34. The maximum atomic E-state index is 12.1. The van der Waals surface area contributed by atoms with Crippen molar-refractivity contribution in [3.8, 4) is 11.5 Å². The number of hydrogen-bond acceptors (Lipinski definition) is 5. The molecule has 0 fully saturated rings. The van der Waals surface area contributed by atoms with Crippen LogP contribution in [0.15, 0.2) is 54.6 Å². The van der Waals surface area contributed by atoms with Gasteiger partial charge in [-0.1, -0.05) is 36.4 Å². The minimum absolute atomic E-state index is 0.0132. The minimum atomic E-state index is -0.876. The molecule has 24 heavy (non-hydrogen) atoms. The third kappa shape index (κ3) is 4.46. The number of rotatable bonds is 6. The predicted molar refractivity (Wildman–Crippen MR) is 90.0 cm³/mol. The van der Waals surface area contributed by atoms with E-state index < -0.39 is 12.1 Å². The molecule has 0 aliphatic heterocycles. The lowest BCUT2D eigenvalue weighted by atomic mass is 10.1. The molecule has 0 aliphatic carbocycles. The monoisotopic (exact) mass is 326 g/mol. The first-order valence-electron chi connectivity index (χ1n) is 7.36. The van der Waals surface area contributed by atoms with Gasteiger partial charge < -0.3 is 14.6 Å². The van der Waals surface area contributed by atoms with E-state index >= 15 is 0 Å². The molecule has 2 aromatic carbocycles. The zero-order valence-electron chi connectivity index (χ0n) is 13.4.